The number of nitrogens with zero attached hydrogens (tertiary/aromatic N) is 3. The van der Waals surface area contributed by atoms with E-state index in [2.05, 4.69) is 27.1 Å². The van der Waals surface area contributed by atoms with Crippen molar-refractivity contribution in [2.45, 2.75) is 25.7 Å². The molecule has 3 aromatic rings. The van der Waals surface area contributed by atoms with Gasteiger partial charge in [0.15, 0.2) is 17.3 Å². The van der Waals surface area contributed by atoms with Crippen molar-refractivity contribution >= 4 is 17.5 Å². The number of furan rings is 1. The zero-order valence-corrected chi connectivity index (χ0v) is 21.6. The fourth-order valence-electron chi connectivity index (χ4n) is 4.27. The first-order valence-corrected chi connectivity index (χ1v) is 12.8. The topological polar surface area (TPSA) is 89.3 Å². The van der Waals surface area contributed by atoms with Crippen molar-refractivity contribution in [2.75, 3.05) is 46.4 Å². The maximum atomic E-state index is 12.6. The minimum Gasteiger partial charge on any atom is -0.489 e. The first-order chi connectivity index (χ1) is 18.0. The maximum absolute atomic E-state index is 12.6. The molecule has 1 atom stereocenters. The van der Waals surface area contributed by atoms with E-state index in [0.717, 1.165) is 44.0 Å². The van der Waals surface area contributed by atoms with Crippen molar-refractivity contribution in [3.63, 3.8) is 0 Å². The average Bonchev–Trinajstić information content (AvgIpc) is 3.37. The van der Waals surface area contributed by atoms with Crippen molar-refractivity contribution in [2.24, 2.45) is 0 Å². The molecule has 0 bridgehead atoms. The van der Waals surface area contributed by atoms with E-state index < -0.39 is 0 Å². The molecule has 1 saturated heterocycles. The molecule has 9 nitrogen and oxygen atoms in total. The largest absolute Gasteiger partial charge is 0.489 e. The highest BCUT2D eigenvalue weighted by Crippen LogP contribution is 2.35. The summed E-state index contributed by atoms with van der Waals surface area (Å²) in [6.45, 7) is 5.99. The molecule has 1 N–H and O–H groups in total. The lowest BCUT2D eigenvalue weighted by molar-refractivity contribution is 0.0798. The molecule has 2 aliphatic rings. The van der Waals surface area contributed by atoms with Gasteiger partial charge in [0.1, 0.15) is 30.8 Å². The van der Waals surface area contributed by atoms with Gasteiger partial charge in [-0.1, -0.05) is 11.6 Å². The molecular formula is C27H31ClN4O5. The van der Waals surface area contributed by atoms with E-state index >= 15 is 0 Å². The Balaban J connectivity index is 1.07. The Morgan fingerprint density at radius 1 is 1.14 bits per heavy atom. The predicted molar refractivity (Wildman–Crippen MR) is 138 cm³/mol. The lowest BCUT2D eigenvalue weighted by Gasteiger charge is -2.31. The smallest absolute Gasteiger partial charge is 0.286 e. The Morgan fingerprint density at radius 2 is 2.00 bits per heavy atom. The number of carbonyl (C=O) groups excluding carboxylic acids is 1. The number of hydrogen-bond acceptors (Lipinski definition) is 8. The normalized spacial score (nSPS) is 17.9. The summed E-state index contributed by atoms with van der Waals surface area (Å²) >= 11 is 5.99. The average molecular weight is 527 g/mol. The first-order valence-electron chi connectivity index (χ1n) is 12.5. The summed E-state index contributed by atoms with van der Waals surface area (Å²) in [4.78, 5) is 21.3. The van der Waals surface area contributed by atoms with Gasteiger partial charge >= 0.3 is 0 Å². The van der Waals surface area contributed by atoms with E-state index in [4.69, 9.17) is 30.2 Å². The molecule has 2 aliphatic heterocycles. The van der Waals surface area contributed by atoms with Crippen LogP contribution in [0.5, 0.6) is 17.2 Å². The first kappa shape index (κ1) is 25.4. The number of piperazine rings is 1. The molecule has 0 spiro atoms. The second-order valence-corrected chi connectivity index (χ2v) is 9.79. The molecule has 1 fully saturated rings. The van der Waals surface area contributed by atoms with Crippen LogP contribution in [0.15, 0.2) is 53.2 Å². The van der Waals surface area contributed by atoms with Crippen molar-refractivity contribution < 1.29 is 23.4 Å². The number of amides is 1. The van der Waals surface area contributed by atoms with Crippen LogP contribution in [0.2, 0.25) is 5.02 Å². The van der Waals surface area contributed by atoms with Gasteiger partial charge in [-0.3, -0.25) is 14.7 Å². The minimum atomic E-state index is -0.229. The van der Waals surface area contributed by atoms with E-state index in [0.29, 0.717) is 54.2 Å². The summed E-state index contributed by atoms with van der Waals surface area (Å²) < 4.78 is 23.6. The molecule has 1 amide bonds. The minimum absolute atomic E-state index is 0.190. The molecule has 37 heavy (non-hydrogen) atoms. The second kappa shape index (κ2) is 11.9. The highest BCUT2D eigenvalue weighted by atomic mass is 35.5. The van der Waals surface area contributed by atoms with Gasteiger partial charge in [-0.15, -0.1) is 0 Å². The number of rotatable bonds is 9. The summed E-state index contributed by atoms with van der Waals surface area (Å²) in [5.41, 5.74) is 0.874. The molecular weight excluding hydrogens is 496 g/mol. The lowest BCUT2D eigenvalue weighted by Crippen LogP contribution is -2.43. The van der Waals surface area contributed by atoms with Crippen LogP contribution in [0.25, 0.3) is 0 Å². The van der Waals surface area contributed by atoms with Gasteiger partial charge < -0.3 is 28.8 Å². The molecule has 1 unspecified atom stereocenters. The zero-order valence-electron chi connectivity index (χ0n) is 20.8. The Kier molecular flexibility index (Phi) is 8.13. The van der Waals surface area contributed by atoms with Crippen LogP contribution in [0, 0.1) is 0 Å². The van der Waals surface area contributed by atoms with Gasteiger partial charge in [0.2, 0.25) is 0 Å². The van der Waals surface area contributed by atoms with Crippen molar-refractivity contribution in [3.05, 3.63) is 70.9 Å². The summed E-state index contributed by atoms with van der Waals surface area (Å²) in [6, 6.07) is 10.9. The van der Waals surface area contributed by atoms with Gasteiger partial charge in [0, 0.05) is 63.2 Å². The van der Waals surface area contributed by atoms with Crippen LogP contribution in [0.4, 0.5) is 0 Å². The molecule has 10 heteroatoms. The van der Waals surface area contributed by atoms with Crippen LogP contribution >= 0.6 is 11.6 Å². The van der Waals surface area contributed by atoms with Gasteiger partial charge in [-0.05, 0) is 37.4 Å². The number of likely N-dealkylation sites (N-methyl/N-ethyl adjacent to an activating group) is 1. The highest BCUT2D eigenvalue weighted by Gasteiger charge is 2.22. The monoisotopic (exact) mass is 526 g/mol. The third kappa shape index (κ3) is 6.94. The molecule has 0 radical (unpaired) electrons. The number of pyridine rings is 1. The van der Waals surface area contributed by atoms with E-state index in [-0.39, 0.29) is 12.0 Å². The fraction of sp³-hybridized carbons (Fsp3) is 0.407. The Bertz CT molecular complexity index is 1210. The Labute approximate surface area is 221 Å². The lowest BCUT2D eigenvalue weighted by atomic mass is 10.2. The Morgan fingerprint density at radius 3 is 2.84 bits per heavy atom. The van der Waals surface area contributed by atoms with E-state index in [1.807, 2.05) is 30.3 Å². The van der Waals surface area contributed by atoms with E-state index in [1.54, 1.807) is 18.5 Å². The standard InChI is InChI=1S/C27H31ClN4O5/c1-31-8-10-32(11-9-31)16-22-3-5-25(36-22)27(33)30-7-6-23-18-35-24-4-2-21(13-26(24)37-23)34-17-19-12-20(28)15-29-14-19/h2-5,12-15,23H,6-11,16-18H2,1H3,(H,30,33). The van der Waals surface area contributed by atoms with Gasteiger partial charge in [0.25, 0.3) is 5.91 Å². The predicted octanol–water partition coefficient (Wildman–Crippen LogP) is 3.61. The second-order valence-electron chi connectivity index (χ2n) is 9.35. The highest BCUT2D eigenvalue weighted by molar-refractivity contribution is 6.30. The molecule has 1 aromatic carbocycles. The quantitative estimate of drug-likeness (QED) is 0.452. The van der Waals surface area contributed by atoms with Crippen LogP contribution in [0.1, 0.15) is 28.3 Å². The third-order valence-corrected chi connectivity index (χ3v) is 6.62. The molecule has 4 heterocycles. The number of hydrogen-bond donors (Lipinski definition) is 1. The number of ether oxygens (including phenoxy) is 3. The van der Waals surface area contributed by atoms with Gasteiger partial charge in [-0.2, -0.15) is 0 Å². The van der Waals surface area contributed by atoms with Gasteiger partial charge in [-0.25, -0.2) is 0 Å². The number of carbonyl (C=O) groups is 1. The summed E-state index contributed by atoms with van der Waals surface area (Å²) in [5, 5.41) is 3.48. The van der Waals surface area contributed by atoms with Crippen LogP contribution < -0.4 is 19.5 Å². The molecule has 0 aliphatic carbocycles. The van der Waals surface area contributed by atoms with Crippen LogP contribution in [0.3, 0.4) is 0 Å². The van der Waals surface area contributed by atoms with Crippen molar-refractivity contribution in [1.29, 1.82) is 0 Å². The maximum Gasteiger partial charge on any atom is 0.286 e. The summed E-state index contributed by atoms with van der Waals surface area (Å²) in [6.07, 6.45) is 3.70. The molecule has 0 saturated carbocycles. The number of aromatic nitrogens is 1. The Hall–Kier alpha value is -3.27. The molecule has 196 valence electrons. The van der Waals surface area contributed by atoms with Crippen molar-refractivity contribution in [1.82, 2.24) is 20.1 Å². The number of halogens is 1. The number of fused-ring (bicyclic) bond motifs is 1. The summed E-state index contributed by atoms with van der Waals surface area (Å²) in [7, 11) is 2.13. The van der Waals surface area contributed by atoms with Gasteiger partial charge in [0.05, 0.1) is 11.6 Å². The number of benzene rings is 1. The van der Waals surface area contributed by atoms with E-state index in [1.165, 1.54) is 0 Å². The summed E-state index contributed by atoms with van der Waals surface area (Å²) in [5.74, 6) is 2.84. The van der Waals surface area contributed by atoms with Crippen LogP contribution in [-0.2, 0) is 13.2 Å². The van der Waals surface area contributed by atoms with Crippen LogP contribution in [-0.4, -0.2) is 73.2 Å². The van der Waals surface area contributed by atoms with E-state index in [9.17, 15) is 4.79 Å². The molecule has 2 aromatic heterocycles. The fourth-order valence-corrected chi connectivity index (χ4v) is 4.47. The van der Waals surface area contributed by atoms with Crippen molar-refractivity contribution in [3.8, 4) is 17.2 Å². The SMILES string of the molecule is CN1CCN(Cc2ccc(C(=O)NCCC3COc4ccc(OCc5cncc(Cl)c5)cc4O3)o2)CC1. The molecule has 5 rings (SSSR count). The third-order valence-electron chi connectivity index (χ3n) is 6.41. The zero-order chi connectivity index (χ0) is 25.6. The number of nitrogens with one attached hydrogen (secondary N) is 1.